The van der Waals surface area contributed by atoms with Crippen LogP contribution in [0.1, 0.15) is 10.4 Å². The van der Waals surface area contributed by atoms with Crippen molar-refractivity contribution in [1.82, 2.24) is 9.97 Å². The van der Waals surface area contributed by atoms with Crippen molar-refractivity contribution in [2.75, 3.05) is 12.4 Å². The molecule has 2 N–H and O–H groups in total. The quantitative estimate of drug-likeness (QED) is 0.856. The third kappa shape index (κ3) is 2.54. The Balaban J connectivity index is 2.28. The monoisotopic (exact) mass is 245 g/mol. The standard InChI is InChI=1S/C12H11N3O3/c1-18-10-6-8(2-3-9(10)12(16)17)15-11-7-13-4-5-14-11/h2-7H,1H3,(H,14,15)(H,16,17). The number of carbonyl (C=O) groups is 1. The lowest BCUT2D eigenvalue weighted by Crippen LogP contribution is -2.01. The van der Waals surface area contributed by atoms with E-state index >= 15 is 0 Å². The van der Waals surface area contributed by atoms with Gasteiger partial charge in [-0.1, -0.05) is 0 Å². The molecule has 0 aliphatic carbocycles. The summed E-state index contributed by atoms with van der Waals surface area (Å²) in [7, 11) is 1.42. The molecule has 0 saturated heterocycles. The number of benzene rings is 1. The van der Waals surface area contributed by atoms with Gasteiger partial charge in [0.25, 0.3) is 0 Å². The number of anilines is 2. The molecule has 1 aromatic heterocycles. The van der Waals surface area contributed by atoms with E-state index in [4.69, 9.17) is 9.84 Å². The van der Waals surface area contributed by atoms with Crippen LogP contribution < -0.4 is 10.1 Å². The molecule has 18 heavy (non-hydrogen) atoms. The molecule has 92 valence electrons. The van der Waals surface area contributed by atoms with E-state index in [1.165, 1.54) is 13.2 Å². The van der Waals surface area contributed by atoms with E-state index in [2.05, 4.69) is 15.3 Å². The molecule has 0 radical (unpaired) electrons. The molecule has 0 aliphatic rings. The summed E-state index contributed by atoms with van der Waals surface area (Å²) in [4.78, 5) is 18.9. The summed E-state index contributed by atoms with van der Waals surface area (Å²) in [5, 5.41) is 12.0. The predicted molar refractivity (Wildman–Crippen MR) is 65.3 cm³/mol. The molecule has 2 rings (SSSR count). The molecule has 1 aromatic carbocycles. The van der Waals surface area contributed by atoms with Gasteiger partial charge >= 0.3 is 5.97 Å². The molecule has 0 spiro atoms. The van der Waals surface area contributed by atoms with Crippen LogP contribution in [0.5, 0.6) is 5.75 Å². The molecule has 0 fully saturated rings. The summed E-state index contributed by atoms with van der Waals surface area (Å²) < 4.78 is 5.03. The summed E-state index contributed by atoms with van der Waals surface area (Å²) in [6, 6.07) is 4.71. The van der Waals surface area contributed by atoms with Crippen molar-refractivity contribution >= 4 is 17.5 Å². The van der Waals surface area contributed by atoms with Crippen LogP contribution in [0.2, 0.25) is 0 Å². The van der Waals surface area contributed by atoms with Gasteiger partial charge in [0.2, 0.25) is 0 Å². The van der Waals surface area contributed by atoms with Crippen molar-refractivity contribution < 1.29 is 14.6 Å². The summed E-state index contributed by atoms with van der Waals surface area (Å²) in [5.41, 5.74) is 0.791. The number of aromatic nitrogens is 2. The van der Waals surface area contributed by atoms with Gasteiger partial charge in [-0.25, -0.2) is 9.78 Å². The molecule has 6 nitrogen and oxygen atoms in total. The van der Waals surface area contributed by atoms with E-state index in [9.17, 15) is 4.79 Å². The molecule has 0 atom stereocenters. The third-order valence-electron chi connectivity index (χ3n) is 2.27. The average Bonchev–Trinajstić information content (AvgIpc) is 2.39. The first-order valence-corrected chi connectivity index (χ1v) is 5.15. The highest BCUT2D eigenvalue weighted by atomic mass is 16.5. The first-order valence-electron chi connectivity index (χ1n) is 5.15. The lowest BCUT2D eigenvalue weighted by molar-refractivity contribution is 0.0693. The number of carboxylic acids is 1. The SMILES string of the molecule is COc1cc(Nc2cnccn2)ccc1C(=O)O. The fourth-order valence-electron chi connectivity index (χ4n) is 1.46. The number of nitrogens with zero attached hydrogens (tertiary/aromatic N) is 2. The van der Waals surface area contributed by atoms with Crippen LogP contribution in [0.3, 0.4) is 0 Å². The highest BCUT2D eigenvalue weighted by Crippen LogP contribution is 2.24. The van der Waals surface area contributed by atoms with E-state index < -0.39 is 5.97 Å². The number of hydrogen-bond donors (Lipinski definition) is 2. The number of methoxy groups -OCH3 is 1. The number of aromatic carboxylic acids is 1. The van der Waals surface area contributed by atoms with E-state index in [0.717, 1.165) is 0 Å². The Morgan fingerprint density at radius 2 is 2.22 bits per heavy atom. The van der Waals surface area contributed by atoms with Gasteiger partial charge in [0.15, 0.2) is 0 Å². The van der Waals surface area contributed by atoms with E-state index in [1.807, 2.05) is 0 Å². The second-order valence-corrected chi connectivity index (χ2v) is 3.44. The number of rotatable bonds is 4. The topological polar surface area (TPSA) is 84.3 Å². The molecule has 6 heteroatoms. The zero-order valence-electron chi connectivity index (χ0n) is 9.62. The van der Waals surface area contributed by atoms with Gasteiger partial charge in [0, 0.05) is 24.1 Å². The molecule has 1 heterocycles. The maximum absolute atomic E-state index is 10.9. The predicted octanol–water partition coefficient (Wildman–Crippen LogP) is 1.93. The van der Waals surface area contributed by atoms with Gasteiger partial charge in [-0.3, -0.25) is 4.98 Å². The maximum atomic E-state index is 10.9. The zero-order valence-corrected chi connectivity index (χ0v) is 9.62. The lowest BCUT2D eigenvalue weighted by atomic mass is 10.2. The van der Waals surface area contributed by atoms with Crippen LogP contribution in [-0.4, -0.2) is 28.2 Å². The Bertz CT molecular complexity index is 558. The Kier molecular flexibility index (Phi) is 3.38. The van der Waals surface area contributed by atoms with E-state index in [0.29, 0.717) is 11.5 Å². The fourth-order valence-corrected chi connectivity index (χ4v) is 1.46. The van der Waals surface area contributed by atoms with Crippen molar-refractivity contribution in [2.45, 2.75) is 0 Å². The highest BCUT2D eigenvalue weighted by molar-refractivity contribution is 5.91. The normalized spacial score (nSPS) is 9.83. The Morgan fingerprint density at radius 3 is 2.83 bits per heavy atom. The molecule has 0 bridgehead atoms. The van der Waals surface area contributed by atoms with Crippen LogP contribution in [0.4, 0.5) is 11.5 Å². The zero-order chi connectivity index (χ0) is 13.0. The lowest BCUT2D eigenvalue weighted by Gasteiger charge is -2.09. The van der Waals surface area contributed by atoms with Crippen LogP contribution in [0, 0.1) is 0 Å². The van der Waals surface area contributed by atoms with E-state index in [1.54, 1.807) is 30.7 Å². The van der Waals surface area contributed by atoms with Gasteiger partial charge in [0.05, 0.1) is 13.3 Å². The van der Waals surface area contributed by atoms with Crippen LogP contribution in [0.25, 0.3) is 0 Å². The van der Waals surface area contributed by atoms with Crippen molar-refractivity contribution in [3.63, 3.8) is 0 Å². The number of carboxylic acid groups (broad SMARTS) is 1. The molecule has 0 unspecified atom stereocenters. The molecule has 0 saturated carbocycles. The first kappa shape index (κ1) is 11.8. The average molecular weight is 245 g/mol. The van der Waals surface area contributed by atoms with Gasteiger partial charge in [0.1, 0.15) is 17.1 Å². The highest BCUT2D eigenvalue weighted by Gasteiger charge is 2.11. The number of nitrogens with one attached hydrogen (secondary N) is 1. The largest absolute Gasteiger partial charge is 0.496 e. The van der Waals surface area contributed by atoms with Crippen molar-refractivity contribution in [3.05, 3.63) is 42.4 Å². The number of hydrogen-bond acceptors (Lipinski definition) is 5. The Hall–Kier alpha value is -2.63. The summed E-state index contributed by atoms with van der Waals surface area (Å²) >= 11 is 0. The minimum absolute atomic E-state index is 0.113. The summed E-state index contributed by atoms with van der Waals surface area (Å²) in [6.07, 6.45) is 4.70. The fraction of sp³-hybridized carbons (Fsp3) is 0.0833. The number of ether oxygens (including phenoxy) is 1. The molecule has 2 aromatic rings. The molecular formula is C12H11N3O3. The molecule has 0 aliphatic heterocycles. The van der Waals surface area contributed by atoms with Crippen LogP contribution in [-0.2, 0) is 0 Å². The van der Waals surface area contributed by atoms with Gasteiger partial charge < -0.3 is 15.2 Å². The van der Waals surface area contributed by atoms with Gasteiger partial charge in [-0.05, 0) is 12.1 Å². The first-order chi connectivity index (χ1) is 8.70. The van der Waals surface area contributed by atoms with Crippen LogP contribution in [0.15, 0.2) is 36.8 Å². The summed E-state index contributed by atoms with van der Waals surface area (Å²) in [5.74, 6) is -0.170. The molecule has 0 amide bonds. The Labute approximate surface area is 103 Å². The van der Waals surface area contributed by atoms with Crippen molar-refractivity contribution in [1.29, 1.82) is 0 Å². The van der Waals surface area contributed by atoms with E-state index in [-0.39, 0.29) is 11.3 Å². The van der Waals surface area contributed by atoms with Crippen LogP contribution >= 0.6 is 0 Å². The minimum atomic E-state index is -1.03. The van der Waals surface area contributed by atoms with Crippen molar-refractivity contribution in [3.8, 4) is 5.75 Å². The maximum Gasteiger partial charge on any atom is 0.339 e. The summed E-state index contributed by atoms with van der Waals surface area (Å²) in [6.45, 7) is 0. The smallest absolute Gasteiger partial charge is 0.339 e. The third-order valence-corrected chi connectivity index (χ3v) is 2.27. The van der Waals surface area contributed by atoms with Crippen molar-refractivity contribution in [2.24, 2.45) is 0 Å². The minimum Gasteiger partial charge on any atom is -0.496 e. The second kappa shape index (κ2) is 5.13. The second-order valence-electron chi connectivity index (χ2n) is 3.44. The molecular weight excluding hydrogens is 234 g/mol. The van der Waals surface area contributed by atoms with Gasteiger partial charge in [-0.15, -0.1) is 0 Å². The van der Waals surface area contributed by atoms with Gasteiger partial charge in [-0.2, -0.15) is 0 Å². The Morgan fingerprint density at radius 1 is 1.39 bits per heavy atom.